The van der Waals surface area contributed by atoms with Crippen LogP contribution in [0.2, 0.25) is 0 Å². The van der Waals surface area contributed by atoms with Gasteiger partial charge in [-0.05, 0) is 57.2 Å². The fourth-order valence-corrected chi connectivity index (χ4v) is 2.49. The number of ether oxygens (including phenoxy) is 2. The van der Waals surface area contributed by atoms with Crippen molar-refractivity contribution in [1.82, 2.24) is 14.8 Å². The van der Waals surface area contributed by atoms with Gasteiger partial charge in [0, 0.05) is 12.3 Å². The number of nitrogens with zero attached hydrogens (tertiary/aromatic N) is 3. The van der Waals surface area contributed by atoms with Gasteiger partial charge in [0.15, 0.2) is 11.4 Å². The Bertz CT molecular complexity index is 918. The Morgan fingerprint density at radius 1 is 1.11 bits per heavy atom. The molecule has 0 saturated carbocycles. The molecule has 2 heterocycles. The van der Waals surface area contributed by atoms with Gasteiger partial charge >= 0.3 is 0 Å². The van der Waals surface area contributed by atoms with E-state index >= 15 is 0 Å². The summed E-state index contributed by atoms with van der Waals surface area (Å²) in [4.78, 5) is 17.1. The highest BCUT2D eigenvalue weighted by atomic mass is 16.5. The zero-order valence-electron chi connectivity index (χ0n) is 15.8. The number of pyridine rings is 1. The van der Waals surface area contributed by atoms with Gasteiger partial charge in [-0.2, -0.15) is 9.78 Å². The molecule has 3 rings (SSSR count). The summed E-state index contributed by atoms with van der Waals surface area (Å²) in [6.45, 7) is 5.27. The average molecular weight is 366 g/mol. The van der Waals surface area contributed by atoms with E-state index in [1.165, 1.54) is 0 Å². The highest BCUT2D eigenvalue weighted by Crippen LogP contribution is 2.23. The summed E-state index contributed by atoms with van der Waals surface area (Å²) in [7, 11) is 1.60. The molecule has 3 aromatic rings. The van der Waals surface area contributed by atoms with E-state index in [1.54, 1.807) is 62.2 Å². The van der Waals surface area contributed by atoms with Gasteiger partial charge in [-0.25, -0.2) is 4.98 Å². The lowest BCUT2D eigenvalue weighted by Gasteiger charge is -2.25. The Hall–Kier alpha value is -3.35. The van der Waals surface area contributed by atoms with Crippen LogP contribution < -0.4 is 14.8 Å². The minimum atomic E-state index is -1.10. The predicted octanol–water partition coefficient (Wildman–Crippen LogP) is 3.38. The van der Waals surface area contributed by atoms with Gasteiger partial charge in [-0.15, -0.1) is 0 Å². The van der Waals surface area contributed by atoms with E-state index in [1.807, 2.05) is 25.1 Å². The number of carbonyl (C=O) groups excluding carboxylic acids is 1. The molecule has 0 fully saturated rings. The molecule has 27 heavy (non-hydrogen) atoms. The fraction of sp³-hybridized carbons (Fsp3) is 0.250. The predicted molar refractivity (Wildman–Crippen MR) is 102 cm³/mol. The topological polar surface area (TPSA) is 78.3 Å². The third-order valence-electron chi connectivity index (χ3n) is 3.92. The number of anilines is 1. The highest BCUT2D eigenvalue weighted by Gasteiger charge is 2.31. The first-order valence-electron chi connectivity index (χ1n) is 8.51. The van der Waals surface area contributed by atoms with E-state index in [2.05, 4.69) is 15.4 Å². The van der Waals surface area contributed by atoms with Crippen LogP contribution in [-0.4, -0.2) is 33.4 Å². The molecule has 7 heteroatoms. The van der Waals surface area contributed by atoms with Crippen LogP contribution in [0.3, 0.4) is 0 Å². The van der Waals surface area contributed by atoms with Crippen LogP contribution >= 0.6 is 0 Å². The summed E-state index contributed by atoms with van der Waals surface area (Å²) in [5.74, 6) is 2.15. The Morgan fingerprint density at radius 2 is 1.81 bits per heavy atom. The number of hydrogen-bond donors (Lipinski definition) is 1. The van der Waals surface area contributed by atoms with Crippen LogP contribution in [0.5, 0.6) is 11.5 Å². The van der Waals surface area contributed by atoms with Crippen LogP contribution in [0.1, 0.15) is 19.5 Å². The number of methoxy groups -OCH3 is 1. The van der Waals surface area contributed by atoms with Gasteiger partial charge in [-0.1, -0.05) is 6.07 Å². The van der Waals surface area contributed by atoms with Crippen molar-refractivity contribution in [2.24, 2.45) is 0 Å². The van der Waals surface area contributed by atoms with Gasteiger partial charge in [0.2, 0.25) is 0 Å². The molecule has 0 radical (unpaired) electrons. The molecule has 0 spiro atoms. The summed E-state index contributed by atoms with van der Waals surface area (Å²) < 4.78 is 12.6. The molecule has 0 unspecified atom stereocenters. The Labute approximate surface area is 158 Å². The number of aromatic nitrogens is 3. The second-order valence-corrected chi connectivity index (χ2v) is 6.51. The summed E-state index contributed by atoms with van der Waals surface area (Å²) in [5, 5.41) is 7.29. The third-order valence-corrected chi connectivity index (χ3v) is 3.92. The van der Waals surface area contributed by atoms with Crippen molar-refractivity contribution in [3.63, 3.8) is 0 Å². The van der Waals surface area contributed by atoms with Crippen molar-refractivity contribution in [3.8, 4) is 17.3 Å². The Kier molecular flexibility index (Phi) is 5.12. The molecular weight excluding hydrogens is 344 g/mol. The maximum atomic E-state index is 12.8. The van der Waals surface area contributed by atoms with Gasteiger partial charge < -0.3 is 14.8 Å². The van der Waals surface area contributed by atoms with E-state index in [4.69, 9.17) is 9.47 Å². The van der Waals surface area contributed by atoms with Gasteiger partial charge in [0.05, 0.1) is 12.8 Å². The normalized spacial score (nSPS) is 11.1. The molecule has 1 aromatic carbocycles. The van der Waals surface area contributed by atoms with Crippen molar-refractivity contribution in [2.45, 2.75) is 26.4 Å². The maximum absolute atomic E-state index is 12.8. The van der Waals surface area contributed by atoms with Gasteiger partial charge in [-0.3, -0.25) is 4.79 Å². The second kappa shape index (κ2) is 7.49. The Morgan fingerprint density at radius 3 is 2.44 bits per heavy atom. The van der Waals surface area contributed by atoms with E-state index in [0.717, 1.165) is 11.4 Å². The SMILES string of the molecule is COc1ccc(OC(C)(C)C(=O)Nc2cc(C)nn2-c2ccccn2)cc1. The molecule has 140 valence electrons. The molecule has 0 atom stereocenters. The third kappa shape index (κ3) is 4.25. The fourth-order valence-electron chi connectivity index (χ4n) is 2.49. The van der Waals surface area contributed by atoms with Crippen molar-refractivity contribution < 1.29 is 14.3 Å². The minimum absolute atomic E-state index is 0.296. The molecule has 1 N–H and O–H groups in total. The molecule has 0 aliphatic heterocycles. The molecule has 1 amide bonds. The molecule has 0 saturated heterocycles. The summed E-state index contributed by atoms with van der Waals surface area (Å²) >= 11 is 0. The van der Waals surface area contributed by atoms with Crippen LogP contribution in [0.4, 0.5) is 5.82 Å². The highest BCUT2D eigenvalue weighted by molar-refractivity contribution is 5.96. The lowest BCUT2D eigenvalue weighted by molar-refractivity contribution is -0.128. The van der Waals surface area contributed by atoms with Crippen LogP contribution in [0.25, 0.3) is 5.82 Å². The summed E-state index contributed by atoms with van der Waals surface area (Å²) in [6.07, 6.45) is 1.68. The number of carbonyl (C=O) groups is 1. The quantitative estimate of drug-likeness (QED) is 0.724. The van der Waals surface area contributed by atoms with Crippen molar-refractivity contribution in [3.05, 3.63) is 60.4 Å². The van der Waals surface area contributed by atoms with Gasteiger partial charge in [0.1, 0.15) is 17.3 Å². The lowest BCUT2D eigenvalue weighted by Crippen LogP contribution is -2.42. The maximum Gasteiger partial charge on any atom is 0.269 e. The molecule has 7 nitrogen and oxygen atoms in total. The number of rotatable bonds is 6. The van der Waals surface area contributed by atoms with Crippen LogP contribution in [0, 0.1) is 6.92 Å². The summed E-state index contributed by atoms with van der Waals surface area (Å²) in [6, 6.07) is 14.4. The molecule has 2 aromatic heterocycles. The van der Waals surface area contributed by atoms with Crippen molar-refractivity contribution in [2.75, 3.05) is 12.4 Å². The van der Waals surface area contributed by atoms with Crippen LogP contribution in [-0.2, 0) is 4.79 Å². The molecule has 0 bridgehead atoms. The number of nitrogens with one attached hydrogen (secondary N) is 1. The Balaban J connectivity index is 1.78. The lowest BCUT2D eigenvalue weighted by atomic mass is 10.1. The average Bonchev–Trinajstić information content (AvgIpc) is 3.03. The first kappa shape index (κ1) is 18.4. The number of hydrogen-bond acceptors (Lipinski definition) is 5. The molecule has 0 aliphatic rings. The number of benzene rings is 1. The molecule has 0 aliphatic carbocycles. The number of aryl methyl sites for hydroxylation is 1. The van der Waals surface area contributed by atoms with Crippen molar-refractivity contribution >= 4 is 11.7 Å². The van der Waals surface area contributed by atoms with E-state index in [0.29, 0.717) is 17.4 Å². The zero-order valence-corrected chi connectivity index (χ0v) is 15.8. The van der Waals surface area contributed by atoms with E-state index in [9.17, 15) is 4.79 Å². The number of amides is 1. The first-order valence-corrected chi connectivity index (χ1v) is 8.51. The standard InChI is InChI=1S/C20H22N4O3/c1-14-13-18(24(23-14)17-7-5-6-12-21-17)22-19(25)20(2,3)27-16-10-8-15(26-4)9-11-16/h5-13H,1-4H3,(H,22,25). The van der Waals surface area contributed by atoms with Gasteiger partial charge in [0.25, 0.3) is 5.91 Å². The largest absolute Gasteiger partial charge is 0.497 e. The first-order chi connectivity index (χ1) is 12.9. The molecular formula is C20H22N4O3. The van der Waals surface area contributed by atoms with Crippen LogP contribution in [0.15, 0.2) is 54.7 Å². The van der Waals surface area contributed by atoms with E-state index < -0.39 is 5.60 Å². The zero-order chi connectivity index (χ0) is 19.4. The second-order valence-electron chi connectivity index (χ2n) is 6.51. The van der Waals surface area contributed by atoms with Crippen molar-refractivity contribution in [1.29, 1.82) is 0 Å². The van der Waals surface area contributed by atoms with E-state index in [-0.39, 0.29) is 5.91 Å². The summed E-state index contributed by atoms with van der Waals surface area (Å²) in [5.41, 5.74) is -0.327. The monoisotopic (exact) mass is 366 g/mol. The minimum Gasteiger partial charge on any atom is -0.497 e. The smallest absolute Gasteiger partial charge is 0.269 e.